The lowest BCUT2D eigenvalue weighted by atomic mass is 9.84. The van der Waals surface area contributed by atoms with Gasteiger partial charge in [0.05, 0.1) is 0 Å². The van der Waals surface area contributed by atoms with Gasteiger partial charge in [-0.3, -0.25) is 0 Å². The van der Waals surface area contributed by atoms with Crippen LogP contribution < -0.4 is 5.32 Å². The number of fused-ring (bicyclic) bond motifs is 1. The van der Waals surface area contributed by atoms with Crippen molar-refractivity contribution in [2.24, 2.45) is 0 Å². The van der Waals surface area contributed by atoms with E-state index in [0.717, 1.165) is 24.2 Å². The second-order valence-electron chi connectivity index (χ2n) is 4.78. The quantitative estimate of drug-likeness (QED) is 0.657. The SMILES string of the molecule is CC(C)(CNCCCl)c1ccc2ncoc2c1. The number of rotatable bonds is 5. The molecule has 0 amide bonds. The summed E-state index contributed by atoms with van der Waals surface area (Å²) in [6.07, 6.45) is 1.48. The van der Waals surface area contributed by atoms with Gasteiger partial charge in [0.15, 0.2) is 12.0 Å². The zero-order valence-corrected chi connectivity index (χ0v) is 10.9. The molecule has 1 aromatic carbocycles. The number of hydrogen-bond acceptors (Lipinski definition) is 3. The largest absolute Gasteiger partial charge is 0.443 e. The van der Waals surface area contributed by atoms with E-state index in [-0.39, 0.29) is 5.41 Å². The summed E-state index contributed by atoms with van der Waals surface area (Å²) in [7, 11) is 0. The molecule has 4 heteroatoms. The van der Waals surface area contributed by atoms with E-state index in [2.05, 4.69) is 36.3 Å². The average Bonchev–Trinajstić information content (AvgIpc) is 2.76. The topological polar surface area (TPSA) is 38.1 Å². The molecule has 0 aliphatic rings. The minimum Gasteiger partial charge on any atom is -0.443 e. The van der Waals surface area contributed by atoms with E-state index in [1.165, 1.54) is 12.0 Å². The second-order valence-corrected chi connectivity index (χ2v) is 5.16. The molecule has 0 aliphatic carbocycles. The van der Waals surface area contributed by atoms with Crippen LogP contribution in [0.3, 0.4) is 0 Å². The van der Waals surface area contributed by atoms with E-state index in [9.17, 15) is 0 Å². The average molecular weight is 253 g/mol. The molecule has 0 fully saturated rings. The summed E-state index contributed by atoms with van der Waals surface area (Å²) in [6, 6.07) is 6.16. The van der Waals surface area contributed by atoms with Crippen LogP contribution in [0, 0.1) is 0 Å². The maximum Gasteiger partial charge on any atom is 0.181 e. The normalized spacial score (nSPS) is 12.2. The Hall–Kier alpha value is -1.06. The third-order valence-electron chi connectivity index (χ3n) is 2.95. The molecular formula is C13H17ClN2O. The highest BCUT2D eigenvalue weighted by Gasteiger charge is 2.20. The number of alkyl halides is 1. The molecular weight excluding hydrogens is 236 g/mol. The fraction of sp³-hybridized carbons (Fsp3) is 0.462. The molecule has 1 N–H and O–H groups in total. The van der Waals surface area contributed by atoms with Crippen molar-refractivity contribution < 1.29 is 4.42 Å². The number of aromatic nitrogens is 1. The Morgan fingerprint density at radius 2 is 2.24 bits per heavy atom. The van der Waals surface area contributed by atoms with E-state index >= 15 is 0 Å². The molecule has 0 saturated carbocycles. The van der Waals surface area contributed by atoms with Crippen molar-refractivity contribution in [2.45, 2.75) is 19.3 Å². The van der Waals surface area contributed by atoms with E-state index in [4.69, 9.17) is 16.0 Å². The zero-order valence-electron chi connectivity index (χ0n) is 10.2. The molecule has 2 aromatic rings. The van der Waals surface area contributed by atoms with Crippen LogP contribution in [0.15, 0.2) is 29.0 Å². The van der Waals surface area contributed by atoms with Crippen molar-refractivity contribution in [1.29, 1.82) is 0 Å². The zero-order chi connectivity index (χ0) is 12.3. The molecule has 0 aliphatic heterocycles. The molecule has 3 nitrogen and oxygen atoms in total. The van der Waals surface area contributed by atoms with Crippen LogP contribution in [0.1, 0.15) is 19.4 Å². The Bertz CT molecular complexity index is 493. The van der Waals surface area contributed by atoms with Crippen LogP contribution in [0.5, 0.6) is 0 Å². The monoisotopic (exact) mass is 252 g/mol. The molecule has 0 atom stereocenters. The molecule has 1 heterocycles. The first-order valence-electron chi connectivity index (χ1n) is 5.74. The number of hydrogen-bond donors (Lipinski definition) is 1. The fourth-order valence-electron chi connectivity index (χ4n) is 1.85. The Morgan fingerprint density at radius 3 is 3.00 bits per heavy atom. The number of oxazole rings is 1. The van der Waals surface area contributed by atoms with Gasteiger partial charge in [0, 0.05) is 24.4 Å². The van der Waals surface area contributed by atoms with Crippen molar-refractivity contribution in [2.75, 3.05) is 19.0 Å². The molecule has 0 radical (unpaired) electrons. The Balaban J connectivity index is 2.18. The van der Waals surface area contributed by atoms with Gasteiger partial charge in [-0.1, -0.05) is 19.9 Å². The second kappa shape index (κ2) is 5.07. The lowest BCUT2D eigenvalue weighted by molar-refractivity contribution is 0.478. The van der Waals surface area contributed by atoms with Gasteiger partial charge in [-0.25, -0.2) is 4.98 Å². The maximum absolute atomic E-state index is 5.65. The number of nitrogens with zero attached hydrogens (tertiary/aromatic N) is 1. The van der Waals surface area contributed by atoms with Crippen LogP contribution >= 0.6 is 11.6 Å². The first kappa shape index (κ1) is 12.4. The third-order valence-corrected chi connectivity index (χ3v) is 3.14. The van der Waals surface area contributed by atoms with E-state index in [1.807, 2.05) is 6.07 Å². The van der Waals surface area contributed by atoms with Gasteiger partial charge in [-0.15, -0.1) is 11.6 Å². The van der Waals surface area contributed by atoms with E-state index < -0.39 is 0 Å². The predicted octanol–water partition coefficient (Wildman–Crippen LogP) is 2.93. The van der Waals surface area contributed by atoms with E-state index in [1.54, 1.807) is 0 Å². The van der Waals surface area contributed by atoms with Crippen molar-refractivity contribution in [3.8, 4) is 0 Å². The predicted molar refractivity (Wildman–Crippen MR) is 70.6 cm³/mol. The summed E-state index contributed by atoms with van der Waals surface area (Å²) < 4.78 is 5.33. The molecule has 17 heavy (non-hydrogen) atoms. The molecule has 2 rings (SSSR count). The van der Waals surface area contributed by atoms with Crippen LogP contribution in [-0.2, 0) is 5.41 Å². The summed E-state index contributed by atoms with van der Waals surface area (Å²) in [5, 5.41) is 3.34. The Kier molecular flexibility index (Phi) is 3.69. The minimum absolute atomic E-state index is 0.0486. The van der Waals surface area contributed by atoms with E-state index in [0.29, 0.717) is 5.88 Å². The van der Waals surface area contributed by atoms with Gasteiger partial charge in [0.25, 0.3) is 0 Å². The summed E-state index contributed by atoms with van der Waals surface area (Å²) in [4.78, 5) is 4.12. The first-order valence-corrected chi connectivity index (χ1v) is 6.27. The highest BCUT2D eigenvalue weighted by atomic mass is 35.5. The van der Waals surface area contributed by atoms with Gasteiger partial charge in [-0.05, 0) is 17.7 Å². The number of nitrogens with one attached hydrogen (secondary N) is 1. The minimum atomic E-state index is 0.0486. The van der Waals surface area contributed by atoms with Crippen LogP contribution in [0.2, 0.25) is 0 Å². The third kappa shape index (κ3) is 2.79. The first-order chi connectivity index (χ1) is 8.13. The van der Waals surface area contributed by atoms with Gasteiger partial charge in [-0.2, -0.15) is 0 Å². The fourth-order valence-corrected chi connectivity index (χ4v) is 1.98. The molecule has 92 valence electrons. The maximum atomic E-state index is 5.65. The van der Waals surface area contributed by atoms with Gasteiger partial charge in [0.2, 0.25) is 0 Å². The Morgan fingerprint density at radius 1 is 1.41 bits per heavy atom. The highest BCUT2D eigenvalue weighted by Crippen LogP contribution is 2.25. The molecule has 0 bridgehead atoms. The summed E-state index contributed by atoms with van der Waals surface area (Å²) in [6.45, 7) is 6.12. The lowest BCUT2D eigenvalue weighted by Gasteiger charge is -2.25. The Labute approximate surface area is 106 Å². The standard InChI is InChI=1S/C13H17ClN2O/c1-13(2,8-15-6-5-14)10-3-4-11-12(7-10)17-9-16-11/h3-4,7,9,15H,5-6,8H2,1-2H3. The molecule has 1 aromatic heterocycles. The highest BCUT2D eigenvalue weighted by molar-refractivity contribution is 6.18. The van der Waals surface area contributed by atoms with Crippen LogP contribution in [0.25, 0.3) is 11.1 Å². The number of halogens is 1. The molecule has 0 saturated heterocycles. The van der Waals surface area contributed by atoms with Crippen LogP contribution in [-0.4, -0.2) is 24.0 Å². The molecule has 0 unspecified atom stereocenters. The van der Waals surface area contributed by atoms with Crippen molar-refractivity contribution >= 4 is 22.7 Å². The van der Waals surface area contributed by atoms with Crippen molar-refractivity contribution in [3.05, 3.63) is 30.2 Å². The van der Waals surface area contributed by atoms with Gasteiger partial charge < -0.3 is 9.73 Å². The lowest BCUT2D eigenvalue weighted by Crippen LogP contribution is -2.33. The van der Waals surface area contributed by atoms with Crippen molar-refractivity contribution in [1.82, 2.24) is 10.3 Å². The number of benzene rings is 1. The van der Waals surface area contributed by atoms with Crippen LogP contribution in [0.4, 0.5) is 0 Å². The summed E-state index contributed by atoms with van der Waals surface area (Å²) in [5.74, 6) is 0.636. The smallest absolute Gasteiger partial charge is 0.181 e. The van der Waals surface area contributed by atoms with Gasteiger partial charge >= 0.3 is 0 Å². The van der Waals surface area contributed by atoms with Crippen molar-refractivity contribution in [3.63, 3.8) is 0 Å². The summed E-state index contributed by atoms with van der Waals surface area (Å²) >= 11 is 5.65. The van der Waals surface area contributed by atoms with Gasteiger partial charge in [0.1, 0.15) is 5.52 Å². The molecule has 0 spiro atoms. The summed E-state index contributed by atoms with van der Waals surface area (Å²) in [5.41, 5.74) is 3.03.